The van der Waals surface area contributed by atoms with Crippen molar-refractivity contribution in [2.45, 2.75) is 19.4 Å². The molecule has 3 nitrogen and oxygen atoms in total. The Bertz CT molecular complexity index is 183. The summed E-state index contributed by atoms with van der Waals surface area (Å²) in [7, 11) is 0. The number of aliphatic carboxylic acids is 1. The van der Waals surface area contributed by atoms with Crippen molar-refractivity contribution in [2.75, 3.05) is 0 Å². The van der Waals surface area contributed by atoms with Crippen molar-refractivity contribution in [3.8, 4) is 0 Å². The number of rotatable bonds is 1. The van der Waals surface area contributed by atoms with Gasteiger partial charge in [-0.3, -0.25) is 4.79 Å². The lowest BCUT2D eigenvalue weighted by Crippen LogP contribution is -2.13. The van der Waals surface area contributed by atoms with E-state index in [4.69, 9.17) is 10.2 Å². The predicted octanol–water partition coefficient (Wildman–Crippen LogP) is 0.398. The molecule has 2 atom stereocenters. The summed E-state index contributed by atoms with van der Waals surface area (Å²) in [6, 6.07) is 0. The first-order chi connectivity index (χ1) is 4.61. The molecule has 0 heterocycles. The van der Waals surface area contributed by atoms with Gasteiger partial charge < -0.3 is 10.2 Å². The molecule has 2 unspecified atom stereocenters. The Morgan fingerprint density at radius 1 is 1.80 bits per heavy atom. The standard InChI is InChI=1S/C7H10O3/c1-4-2-5(8)3-6(4)7(9)10/h2,5-6,8H,3H2,1H3,(H,9,10). The van der Waals surface area contributed by atoms with Crippen LogP contribution in [-0.4, -0.2) is 22.3 Å². The third-order valence-corrected chi connectivity index (χ3v) is 1.78. The number of carbonyl (C=O) groups is 1. The number of aliphatic hydroxyl groups excluding tert-OH is 1. The molecule has 0 aromatic carbocycles. The van der Waals surface area contributed by atoms with Crippen LogP contribution in [0.25, 0.3) is 0 Å². The van der Waals surface area contributed by atoms with Crippen molar-refractivity contribution >= 4 is 5.97 Å². The second kappa shape index (κ2) is 2.42. The average Bonchev–Trinajstić information content (AvgIpc) is 2.10. The van der Waals surface area contributed by atoms with Crippen LogP contribution in [0, 0.1) is 5.92 Å². The van der Waals surface area contributed by atoms with Gasteiger partial charge in [-0.25, -0.2) is 0 Å². The third kappa shape index (κ3) is 1.19. The minimum atomic E-state index is -0.842. The molecule has 0 aromatic rings. The molecule has 0 bridgehead atoms. The van der Waals surface area contributed by atoms with Crippen LogP contribution in [0.4, 0.5) is 0 Å². The number of hydrogen-bond donors (Lipinski definition) is 2. The fourth-order valence-corrected chi connectivity index (χ4v) is 1.21. The summed E-state index contributed by atoms with van der Waals surface area (Å²) in [5.74, 6) is -1.31. The summed E-state index contributed by atoms with van der Waals surface area (Å²) in [5.41, 5.74) is 0.764. The third-order valence-electron chi connectivity index (χ3n) is 1.78. The van der Waals surface area contributed by atoms with Crippen LogP contribution < -0.4 is 0 Å². The van der Waals surface area contributed by atoms with Gasteiger partial charge in [-0.15, -0.1) is 0 Å². The van der Waals surface area contributed by atoms with Gasteiger partial charge in [0.25, 0.3) is 0 Å². The Kier molecular flexibility index (Phi) is 1.76. The maximum absolute atomic E-state index is 10.4. The van der Waals surface area contributed by atoms with Crippen molar-refractivity contribution in [3.05, 3.63) is 11.6 Å². The van der Waals surface area contributed by atoms with Gasteiger partial charge >= 0.3 is 5.97 Å². The summed E-state index contributed by atoms with van der Waals surface area (Å²) >= 11 is 0. The summed E-state index contributed by atoms with van der Waals surface area (Å²) < 4.78 is 0. The molecule has 1 rings (SSSR count). The lowest BCUT2D eigenvalue weighted by atomic mass is 10.0. The van der Waals surface area contributed by atoms with Crippen LogP contribution >= 0.6 is 0 Å². The first kappa shape index (κ1) is 7.28. The number of carboxylic acid groups (broad SMARTS) is 1. The van der Waals surface area contributed by atoms with Gasteiger partial charge in [0, 0.05) is 0 Å². The number of carboxylic acids is 1. The molecule has 1 aliphatic rings. The summed E-state index contributed by atoms with van der Waals surface area (Å²) in [5, 5.41) is 17.5. The van der Waals surface area contributed by atoms with Gasteiger partial charge in [0.15, 0.2) is 0 Å². The minimum Gasteiger partial charge on any atom is -0.481 e. The SMILES string of the molecule is CC1=CC(O)CC1C(=O)O. The maximum Gasteiger partial charge on any atom is 0.310 e. The Labute approximate surface area is 59.0 Å². The molecular formula is C7H10O3. The molecule has 0 radical (unpaired) electrons. The van der Waals surface area contributed by atoms with E-state index in [0.29, 0.717) is 6.42 Å². The summed E-state index contributed by atoms with van der Waals surface area (Å²) in [6.07, 6.45) is 1.38. The topological polar surface area (TPSA) is 57.5 Å². The van der Waals surface area contributed by atoms with E-state index in [2.05, 4.69) is 0 Å². The van der Waals surface area contributed by atoms with Crippen LogP contribution in [0.2, 0.25) is 0 Å². The van der Waals surface area contributed by atoms with E-state index < -0.39 is 18.0 Å². The second-order valence-electron chi connectivity index (χ2n) is 2.60. The number of hydrogen-bond acceptors (Lipinski definition) is 2. The van der Waals surface area contributed by atoms with Crippen LogP contribution in [0.3, 0.4) is 0 Å². The van der Waals surface area contributed by atoms with Crippen molar-refractivity contribution in [2.24, 2.45) is 5.92 Å². The smallest absolute Gasteiger partial charge is 0.310 e. The molecule has 0 fully saturated rings. The second-order valence-corrected chi connectivity index (χ2v) is 2.60. The molecule has 0 spiro atoms. The molecule has 0 aromatic heterocycles. The van der Waals surface area contributed by atoms with Gasteiger partial charge in [-0.2, -0.15) is 0 Å². The molecule has 1 aliphatic carbocycles. The molecule has 0 saturated carbocycles. The van der Waals surface area contributed by atoms with E-state index in [-0.39, 0.29) is 0 Å². The van der Waals surface area contributed by atoms with E-state index >= 15 is 0 Å². The fraction of sp³-hybridized carbons (Fsp3) is 0.571. The lowest BCUT2D eigenvalue weighted by Gasteiger charge is -2.03. The maximum atomic E-state index is 10.4. The zero-order valence-corrected chi connectivity index (χ0v) is 5.74. The van der Waals surface area contributed by atoms with E-state index in [9.17, 15) is 4.79 Å². The van der Waals surface area contributed by atoms with Crippen LogP contribution in [-0.2, 0) is 4.79 Å². The van der Waals surface area contributed by atoms with Gasteiger partial charge in [-0.1, -0.05) is 11.6 Å². The Morgan fingerprint density at radius 3 is 2.60 bits per heavy atom. The lowest BCUT2D eigenvalue weighted by molar-refractivity contribution is -0.140. The Hall–Kier alpha value is -0.830. The Balaban J connectivity index is 2.68. The van der Waals surface area contributed by atoms with E-state index in [1.807, 2.05) is 0 Å². The van der Waals surface area contributed by atoms with Crippen molar-refractivity contribution in [1.29, 1.82) is 0 Å². The fourth-order valence-electron chi connectivity index (χ4n) is 1.21. The number of aliphatic hydroxyl groups is 1. The molecule has 0 amide bonds. The average molecular weight is 142 g/mol. The Morgan fingerprint density at radius 2 is 2.40 bits per heavy atom. The van der Waals surface area contributed by atoms with Gasteiger partial charge in [0.2, 0.25) is 0 Å². The molecular weight excluding hydrogens is 132 g/mol. The monoisotopic (exact) mass is 142 g/mol. The van der Waals surface area contributed by atoms with Gasteiger partial charge in [0.1, 0.15) is 0 Å². The van der Waals surface area contributed by atoms with Crippen molar-refractivity contribution in [3.63, 3.8) is 0 Å². The summed E-state index contributed by atoms with van der Waals surface area (Å²) in [4.78, 5) is 10.4. The molecule has 0 saturated heterocycles. The quantitative estimate of drug-likeness (QED) is 0.521. The molecule has 3 heteroatoms. The highest BCUT2D eigenvalue weighted by molar-refractivity contribution is 5.74. The van der Waals surface area contributed by atoms with Crippen LogP contribution in [0.5, 0.6) is 0 Å². The zero-order valence-electron chi connectivity index (χ0n) is 5.74. The first-order valence-electron chi connectivity index (χ1n) is 3.20. The van der Waals surface area contributed by atoms with Gasteiger partial charge in [0.05, 0.1) is 12.0 Å². The molecule has 10 heavy (non-hydrogen) atoms. The highest BCUT2D eigenvalue weighted by Crippen LogP contribution is 2.25. The predicted molar refractivity (Wildman–Crippen MR) is 35.5 cm³/mol. The zero-order chi connectivity index (χ0) is 7.72. The normalized spacial score (nSPS) is 32.0. The van der Waals surface area contributed by atoms with Gasteiger partial charge in [-0.05, 0) is 13.3 Å². The highest BCUT2D eigenvalue weighted by Gasteiger charge is 2.27. The highest BCUT2D eigenvalue weighted by atomic mass is 16.4. The molecule has 0 aliphatic heterocycles. The van der Waals surface area contributed by atoms with E-state index in [1.165, 1.54) is 0 Å². The minimum absolute atomic E-state index is 0.334. The largest absolute Gasteiger partial charge is 0.481 e. The van der Waals surface area contributed by atoms with Crippen molar-refractivity contribution < 1.29 is 15.0 Å². The van der Waals surface area contributed by atoms with Crippen LogP contribution in [0.15, 0.2) is 11.6 Å². The summed E-state index contributed by atoms with van der Waals surface area (Å²) in [6.45, 7) is 1.73. The molecule has 56 valence electrons. The van der Waals surface area contributed by atoms with E-state index in [0.717, 1.165) is 5.57 Å². The van der Waals surface area contributed by atoms with E-state index in [1.54, 1.807) is 13.0 Å². The first-order valence-corrected chi connectivity index (χ1v) is 3.20. The van der Waals surface area contributed by atoms with Crippen LogP contribution in [0.1, 0.15) is 13.3 Å². The molecule has 2 N–H and O–H groups in total. The van der Waals surface area contributed by atoms with Crippen molar-refractivity contribution in [1.82, 2.24) is 0 Å².